The predicted octanol–water partition coefficient (Wildman–Crippen LogP) is 3.17. The molecule has 104 valence electrons. The Morgan fingerprint density at radius 3 is 2.47 bits per heavy atom. The Balaban J connectivity index is 2.14. The van der Waals surface area contributed by atoms with E-state index >= 15 is 0 Å². The van der Waals surface area contributed by atoms with Gasteiger partial charge in [0.2, 0.25) is 0 Å². The minimum absolute atomic E-state index is 0.0775. The Labute approximate surface area is 115 Å². The first-order valence-corrected chi connectivity index (χ1v) is 7.13. The van der Waals surface area contributed by atoms with Crippen molar-refractivity contribution >= 4 is 5.78 Å². The van der Waals surface area contributed by atoms with Crippen LogP contribution < -0.4 is 10.5 Å². The van der Waals surface area contributed by atoms with Crippen LogP contribution in [0.4, 0.5) is 0 Å². The normalized spacial score (nSPS) is 23.4. The third-order valence-electron chi connectivity index (χ3n) is 3.66. The van der Waals surface area contributed by atoms with Gasteiger partial charge in [-0.3, -0.25) is 4.79 Å². The van der Waals surface area contributed by atoms with E-state index in [2.05, 4.69) is 0 Å². The van der Waals surface area contributed by atoms with Crippen LogP contribution in [0.3, 0.4) is 0 Å². The Morgan fingerprint density at radius 2 is 1.84 bits per heavy atom. The molecule has 0 aliphatic heterocycles. The second-order valence-corrected chi connectivity index (χ2v) is 5.64. The molecule has 3 nitrogen and oxygen atoms in total. The van der Waals surface area contributed by atoms with Crippen molar-refractivity contribution in [1.29, 1.82) is 0 Å². The number of ketones is 1. The smallest absolute Gasteiger partial charge is 0.169 e. The highest BCUT2D eigenvalue weighted by atomic mass is 16.5. The SMILES string of the molecule is CC(C)Oc1ccccc1C(=O)C1CCC(N)CC1. The molecule has 3 heteroatoms. The largest absolute Gasteiger partial charge is 0.490 e. The molecular formula is C16H23NO2. The lowest BCUT2D eigenvalue weighted by Crippen LogP contribution is -2.30. The first-order valence-electron chi connectivity index (χ1n) is 7.13. The van der Waals surface area contributed by atoms with Gasteiger partial charge >= 0.3 is 0 Å². The quantitative estimate of drug-likeness (QED) is 0.847. The maximum Gasteiger partial charge on any atom is 0.169 e. The van der Waals surface area contributed by atoms with E-state index in [0.717, 1.165) is 31.2 Å². The highest BCUT2D eigenvalue weighted by molar-refractivity contribution is 6.00. The van der Waals surface area contributed by atoms with Crippen LogP contribution in [0.15, 0.2) is 24.3 Å². The van der Waals surface area contributed by atoms with Crippen LogP contribution in [0.2, 0.25) is 0 Å². The number of nitrogens with two attached hydrogens (primary N) is 1. The zero-order valence-corrected chi connectivity index (χ0v) is 11.8. The number of ether oxygens (including phenoxy) is 1. The second-order valence-electron chi connectivity index (χ2n) is 5.64. The van der Waals surface area contributed by atoms with E-state index in [4.69, 9.17) is 10.5 Å². The van der Waals surface area contributed by atoms with Crippen LogP contribution in [0.5, 0.6) is 5.75 Å². The van der Waals surface area contributed by atoms with Gasteiger partial charge in [-0.05, 0) is 51.7 Å². The summed E-state index contributed by atoms with van der Waals surface area (Å²) in [7, 11) is 0. The van der Waals surface area contributed by atoms with Gasteiger partial charge in [0.05, 0.1) is 11.7 Å². The molecule has 1 saturated carbocycles. The van der Waals surface area contributed by atoms with E-state index in [1.165, 1.54) is 0 Å². The van der Waals surface area contributed by atoms with Gasteiger partial charge in [0.15, 0.2) is 5.78 Å². The average molecular weight is 261 g/mol. The third kappa shape index (κ3) is 3.57. The lowest BCUT2D eigenvalue weighted by molar-refractivity contribution is 0.0879. The zero-order chi connectivity index (χ0) is 13.8. The van der Waals surface area contributed by atoms with E-state index in [1.807, 2.05) is 38.1 Å². The summed E-state index contributed by atoms with van der Waals surface area (Å²) in [5.41, 5.74) is 6.61. The van der Waals surface area contributed by atoms with E-state index in [1.54, 1.807) is 0 Å². The number of Topliss-reactive ketones (excluding diaryl/α,β-unsaturated/α-hetero) is 1. The minimum Gasteiger partial charge on any atom is -0.490 e. The van der Waals surface area contributed by atoms with Crippen LogP contribution in [-0.4, -0.2) is 17.9 Å². The van der Waals surface area contributed by atoms with Crippen LogP contribution in [0.1, 0.15) is 49.9 Å². The zero-order valence-electron chi connectivity index (χ0n) is 11.8. The van der Waals surface area contributed by atoms with Crippen molar-refractivity contribution in [2.75, 3.05) is 0 Å². The van der Waals surface area contributed by atoms with Crippen LogP contribution in [0.25, 0.3) is 0 Å². The van der Waals surface area contributed by atoms with Crippen molar-refractivity contribution in [3.63, 3.8) is 0 Å². The summed E-state index contributed by atoms with van der Waals surface area (Å²) < 4.78 is 5.73. The summed E-state index contributed by atoms with van der Waals surface area (Å²) in [4.78, 5) is 12.6. The molecule has 0 bridgehead atoms. The van der Waals surface area contributed by atoms with Crippen molar-refractivity contribution in [2.24, 2.45) is 11.7 Å². The maximum atomic E-state index is 12.6. The molecule has 0 atom stereocenters. The highest BCUT2D eigenvalue weighted by Crippen LogP contribution is 2.30. The first-order chi connectivity index (χ1) is 9.08. The summed E-state index contributed by atoms with van der Waals surface area (Å²) in [6.45, 7) is 3.95. The van der Waals surface area contributed by atoms with Crippen molar-refractivity contribution in [2.45, 2.75) is 51.7 Å². The van der Waals surface area contributed by atoms with Gasteiger partial charge in [-0.15, -0.1) is 0 Å². The topological polar surface area (TPSA) is 52.3 Å². The molecule has 1 fully saturated rings. The molecule has 0 saturated heterocycles. The Kier molecular flexibility index (Phi) is 4.59. The van der Waals surface area contributed by atoms with Gasteiger partial charge in [-0.2, -0.15) is 0 Å². The molecule has 0 radical (unpaired) electrons. The lowest BCUT2D eigenvalue weighted by Gasteiger charge is -2.25. The molecule has 0 heterocycles. The van der Waals surface area contributed by atoms with Gasteiger partial charge in [0.25, 0.3) is 0 Å². The lowest BCUT2D eigenvalue weighted by atomic mass is 9.82. The third-order valence-corrected chi connectivity index (χ3v) is 3.66. The molecule has 1 aromatic rings. The standard InChI is InChI=1S/C16H23NO2/c1-11(2)19-15-6-4-3-5-14(15)16(18)12-7-9-13(17)10-8-12/h3-6,11-13H,7-10,17H2,1-2H3. The monoisotopic (exact) mass is 261 g/mol. The molecule has 0 aromatic heterocycles. The van der Waals surface area contributed by atoms with Crippen molar-refractivity contribution in [1.82, 2.24) is 0 Å². The molecule has 1 aromatic carbocycles. The van der Waals surface area contributed by atoms with Crippen LogP contribution in [0, 0.1) is 5.92 Å². The van der Waals surface area contributed by atoms with Crippen molar-refractivity contribution in [3.8, 4) is 5.75 Å². The van der Waals surface area contributed by atoms with Crippen LogP contribution in [-0.2, 0) is 0 Å². The Morgan fingerprint density at radius 1 is 1.21 bits per heavy atom. The summed E-state index contributed by atoms with van der Waals surface area (Å²) >= 11 is 0. The van der Waals surface area contributed by atoms with Gasteiger partial charge in [-0.1, -0.05) is 12.1 Å². The number of carbonyl (C=O) groups excluding carboxylic acids is 1. The second kappa shape index (κ2) is 6.20. The van der Waals surface area contributed by atoms with Crippen molar-refractivity contribution in [3.05, 3.63) is 29.8 Å². The molecule has 2 N–H and O–H groups in total. The molecule has 2 rings (SSSR count). The number of carbonyl (C=O) groups is 1. The summed E-state index contributed by atoms with van der Waals surface area (Å²) in [6.07, 6.45) is 3.77. The van der Waals surface area contributed by atoms with E-state index in [0.29, 0.717) is 5.75 Å². The maximum absolute atomic E-state index is 12.6. The molecule has 19 heavy (non-hydrogen) atoms. The predicted molar refractivity (Wildman–Crippen MR) is 76.5 cm³/mol. The van der Waals surface area contributed by atoms with E-state index in [9.17, 15) is 4.79 Å². The fourth-order valence-electron chi connectivity index (χ4n) is 2.63. The molecule has 0 amide bonds. The number of hydrogen-bond donors (Lipinski definition) is 1. The Bertz CT molecular complexity index is 434. The highest BCUT2D eigenvalue weighted by Gasteiger charge is 2.27. The van der Waals surface area contributed by atoms with Gasteiger partial charge < -0.3 is 10.5 Å². The van der Waals surface area contributed by atoms with E-state index in [-0.39, 0.29) is 23.8 Å². The fraction of sp³-hybridized carbons (Fsp3) is 0.562. The summed E-state index contributed by atoms with van der Waals surface area (Å²) in [5, 5.41) is 0. The first kappa shape index (κ1) is 14.1. The molecule has 0 unspecified atom stereocenters. The molecular weight excluding hydrogens is 238 g/mol. The van der Waals surface area contributed by atoms with Crippen molar-refractivity contribution < 1.29 is 9.53 Å². The summed E-state index contributed by atoms with van der Waals surface area (Å²) in [6, 6.07) is 7.82. The van der Waals surface area contributed by atoms with Crippen LogP contribution >= 0.6 is 0 Å². The minimum atomic E-state index is 0.0775. The number of hydrogen-bond acceptors (Lipinski definition) is 3. The fourth-order valence-corrected chi connectivity index (χ4v) is 2.63. The summed E-state index contributed by atoms with van der Waals surface area (Å²) in [5.74, 6) is 1.03. The van der Waals surface area contributed by atoms with E-state index < -0.39 is 0 Å². The molecule has 0 spiro atoms. The molecule has 1 aliphatic rings. The van der Waals surface area contributed by atoms with Gasteiger partial charge in [0, 0.05) is 12.0 Å². The number of benzene rings is 1. The number of rotatable bonds is 4. The Hall–Kier alpha value is -1.35. The van der Waals surface area contributed by atoms with Gasteiger partial charge in [0.1, 0.15) is 5.75 Å². The molecule has 1 aliphatic carbocycles. The number of para-hydroxylation sites is 1. The van der Waals surface area contributed by atoms with Gasteiger partial charge in [-0.25, -0.2) is 0 Å². The average Bonchev–Trinajstić information content (AvgIpc) is 2.39.